The summed E-state index contributed by atoms with van der Waals surface area (Å²) in [7, 11) is 1.92. The van der Waals surface area contributed by atoms with Crippen LogP contribution >= 0.6 is 0 Å². The van der Waals surface area contributed by atoms with Gasteiger partial charge in [-0.3, -0.25) is 9.48 Å². The molecule has 1 aromatic heterocycles. The lowest BCUT2D eigenvalue weighted by Crippen LogP contribution is -2.54. The monoisotopic (exact) mass is 382 g/mol. The van der Waals surface area contributed by atoms with Gasteiger partial charge in [-0.05, 0) is 92.1 Å². The molecule has 0 spiro atoms. The number of aryl methyl sites for hydroxylation is 1. The topological polar surface area (TPSA) is 55.1 Å². The lowest BCUT2D eigenvalue weighted by atomic mass is 9.45. The molecule has 28 heavy (non-hydrogen) atoms. The predicted octanol–water partition coefficient (Wildman–Crippen LogP) is 4.39. The molecule has 152 valence electrons. The quantitative estimate of drug-likeness (QED) is 0.733. The van der Waals surface area contributed by atoms with Crippen LogP contribution in [0.5, 0.6) is 0 Å². The van der Waals surface area contributed by atoms with Gasteiger partial charge in [0, 0.05) is 24.2 Å². The molecular formula is C24H34N2O2. The number of aliphatic hydroxyl groups is 1. The largest absolute Gasteiger partial charge is 0.393 e. The zero-order chi connectivity index (χ0) is 19.7. The molecule has 1 aromatic rings. The fourth-order valence-corrected chi connectivity index (χ4v) is 7.75. The van der Waals surface area contributed by atoms with Crippen LogP contribution < -0.4 is 0 Å². The molecule has 0 saturated heterocycles. The van der Waals surface area contributed by atoms with E-state index in [2.05, 4.69) is 25.0 Å². The van der Waals surface area contributed by atoms with Crippen LogP contribution in [0.1, 0.15) is 70.8 Å². The van der Waals surface area contributed by atoms with Crippen molar-refractivity contribution in [1.82, 2.24) is 9.78 Å². The average molecular weight is 383 g/mol. The van der Waals surface area contributed by atoms with Crippen LogP contribution in [0.2, 0.25) is 0 Å². The molecule has 4 heteroatoms. The van der Waals surface area contributed by atoms with E-state index in [0.29, 0.717) is 29.0 Å². The third kappa shape index (κ3) is 2.59. The normalized spacial score (nSPS) is 46.9. The van der Waals surface area contributed by atoms with Gasteiger partial charge in [0.2, 0.25) is 0 Å². The lowest BCUT2D eigenvalue weighted by molar-refractivity contribution is -0.141. The van der Waals surface area contributed by atoms with Gasteiger partial charge in [-0.1, -0.05) is 13.8 Å². The summed E-state index contributed by atoms with van der Waals surface area (Å²) in [5, 5.41) is 14.5. The number of allylic oxidation sites excluding steroid dienone is 1. The standard InChI is InChI=1S/C24H34N2O2/c1-23-8-6-18(27)12-17(23)4-5-19-20(23)7-9-24(2)21(19)11-16(22(24)28)10-15-13-25-26(3)14-15/h10,13-14,17-21,27H,4-9,11-12H2,1-3H3/b16-10+/t17-,18+,19-,20+,21+,23-,24+/m0/s1. The summed E-state index contributed by atoms with van der Waals surface area (Å²) in [6.45, 7) is 4.76. The number of nitrogens with zero attached hydrogens (tertiary/aromatic N) is 2. The lowest BCUT2D eigenvalue weighted by Gasteiger charge is -2.59. The molecule has 0 bridgehead atoms. The van der Waals surface area contributed by atoms with Gasteiger partial charge >= 0.3 is 0 Å². The number of ketones is 1. The Balaban J connectivity index is 1.45. The van der Waals surface area contributed by atoms with Crippen molar-refractivity contribution in [2.45, 2.75) is 71.3 Å². The summed E-state index contributed by atoms with van der Waals surface area (Å²) in [5.74, 6) is 2.95. The molecule has 7 atom stereocenters. The Labute approximate surface area is 168 Å². The van der Waals surface area contributed by atoms with Crippen LogP contribution in [0, 0.1) is 34.5 Å². The molecule has 0 aromatic carbocycles. The first-order chi connectivity index (χ1) is 13.3. The van der Waals surface area contributed by atoms with Crippen molar-refractivity contribution in [3.63, 3.8) is 0 Å². The van der Waals surface area contributed by atoms with Crippen molar-refractivity contribution in [2.24, 2.45) is 41.5 Å². The highest BCUT2D eigenvalue weighted by Gasteiger charge is 2.61. The number of carbonyl (C=O) groups is 1. The van der Waals surface area contributed by atoms with Crippen molar-refractivity contribution in [2.75, 3.05) is 0 Å². The van der Waals surface area contributed by atoms with E-state index < -0.39 is 0 Å². The maximum absolute atomic E-state index is 13.4. The fraction of sp³-hybridized carbons (Fsp3) is 0.750. The van der Waals surface area contributed by atoms with Gasteiger partial charge in [-0.15, -0.1) is 0 Å². The van der Waals surface area contributed by atoms with E-state index in [1.807, 2.05) is 19.4 Å². The SMILES string of the molecule is Cn1cc(/C=C2\C[C@@H]3[C@H]4CC[C@H]5C[C@H](O)CC[C@]5(C)[C@@H]4CC[C@@]3(C)C2=O)cn1. The first-order valence-electron chi connectivity index (χ1n) is 11.2. The van der Waals surface area contributed by atoms with Crippen molar-refractivity contribution in [3.8, 4) is 0 Å². The molecule has 0 aliphatic heterocycles. The maximum Gasteiger partial charge on any atom is 0.165 e. The molecule has 4 fully saturated rings. The number of carbonyl (C=O) groups excluding carboxylic acids is 1. The molecule has 1 N–H and O–H groups in total. The van der Waals surface area contributed by atoms with E-state index in [-0.39, 0.29) is 11.5 Å². The zero-order valence-corrected chi connectivity index (χ0v) is 17.5. The third-order valence-electron chi connectivity index (χ3n) is 9.34. The second kappa shape index (κ2) is 6.29. The zero-order valence-electron chi connectivity index (χ0n) is 17.5. The number of aliphatic hydroxyl groups excluding tert-OH is 1. The van der Waals surface area contributed by atoms with Gasteiger partial charge < -0.3 is 5.11 Å². The number of aromatic nitrogens is 2. The molecular weight excluding hydrogens is 348 g/mol. The highest BCUT2D eigenvalue weighted by molar-refractivity contribution is 6.05. The summed E-state index contributed by atoms with van der Waals surface area (Å²) in [4.78, 5) is 13.4. The number of rotatable bonds is 1. The molecule has 5 rings (SSSR count). The molecule has 0 amide bonds. The van der Waals surface area contributed by atoms with Crippen molar-refractivity contribution in [3.05, 3.63) is 23.5 Å². The molecule has 0 unspecified atom stereocenters. The Morgan fingerprint density at radius 1 is 1.18 bits per heavy atom. The number of fused-ring (bicyclic) bond motifs is 5. The van der Waals surface area contributed by atoms with Gasteiger partial charge in [0.25, 0.3) is 0 Å². The Bertz CT molecular complexity index is 826. The molecule has 4 aliphatic rings. The molecule has 4 saturated carbocycles. The summed E-state index contributed by atoms with van der Waals surface area (Å²) in [6.07, 6.45) is 14.6. The molecule has 0 radical (unpaired) electrons. The first-order valence-corrected chi connectivity index (χ1v) is 11.2. The summed E-state index contributed by atoms with van der Waals surface area (Å²) >= 11 is 0. The smallest absolute Gasteiger partial charge is 0.165 e. The first kappa shape index (κ1) is 18.6. The Kier molecular flexibility index (Phi) is 4.18. The highest BCUT2D eigenvalue weighted by Crippen LogP contribution is 2.66. The molecule has 4 aliphatic carbocycles. The van der Waals surface area contributed by atoms with Crippen LogP contribution in [0.4, 0.5) is 0 Å². The van der Waals surface area contributed by atoms with E-state index in [4.69, 9.17) is 0 Å². The highest BCUT2D eigenvalue weighted by atomic mass is 16.3. The maximum atomic E-state index is 13.4. The Hall–Kier alpha value is -1.42. The van der Waals surface area contributed by atoms with E-state index in [0.717, 1.165) is 49.2 Å². The van der Waals surface area contributed by atoms with Crippen molar-refractivity contribution >= 4 is 11.9 Å². The van der Waals surface area contributed by atoms with E-state index in [1.54, 1.807) is 4.68 Å². The van der Waals surface area contributed by atoms with Gasteiger partial charge in [0.05, 0.1) is 12.3 Å². The Morgan fingerprint density at radius 3 is 2.75 bits per heavy atom. The number of Topliss-reactive ketones (excluding diaryl/α,β-unsaturated/α-hetero) is 1. The average Bonchev–Trinajstić information content (AvgIpc) is 3.18. The fourth-order valence-electron chi connectivity index (χ4n) is 7.75. The van der Waals surface area contributed by atoms with Gasteiger partial charge in [0.15, 0.2) is 5.78 Å². The van der Waals surface area contributed by atoms with Crippen molar-refractivity contribution < 1.29 is 9.90 Å². The van der Waals surface area contributed by atoms with Crippen LogP contribution in [-0.4, -0.2) is 26.8 Å². The summed E-state index contributed by atoms with van der Waals surface area (Å²) < 4.78 is 1.80. The van der Waals surface area contributed by atoms with Gasteiger partial charge in [-0.25, -0.2) is 0 Å². The van der Waals surface area contributed by atoms with Crippen molar-refractivity contribution in [1.29, 1.82) is 0 Å². The van der Waals surface area contributed by atoms with Crippen LogP contribution in [0.15, 0.2) is 18.0 Å². The van der Waals surface area contributed by atoms with E-state index in [1.165, 1.54) is 19.3 Å². The minimum absolute atomic E-state index is 0.0921. The summed E-state index contributed by atoms with van der Waals surface area (Å²) in [5.41, 5.74) is 2.25. The Morgan fingerprint density at radius 2 is 2.00 bits per heavy atom. The van der Waals surface area contributed by atoms with Crippen LogP contribution in [0.25, 0.3) is 6.08 Å². The predicted molar refractivity (Wildman–Crippen MR) is 109 cm³/mol. The van der Waals surface area contributed by atoms with Crippen LogP contribution in [0.3, 0.4) is 0 Å². The minimum atomic E-state index is -0.174. The van der Waals surface area contributed by atoms with E-state index in [9.17, 15) is 9.90 Å². The van der Waals surface area contributed by atoms with Crippen LogP contribution in [-0.2, 0) is 11.8 Å². The second-order valence-corrected chi connectivity index (χ2v) is 10.7. The van der Waals surface area contributed by atoms with E-state index >= 15 is 0 Å². The number of hydrogen-bond donors (Lipinski definition) is 1. The second-order valence-electron chi connectivity index (χ2n) is 10.7. The molecule has 1 heterocycles. The number of hydrogen-bond acceptors (Lipinski definition) is 3. The van der Waals surface area contributed by atoms with Gasteiger partial charge in [0.1, 0.15) is 0 Å². The van der Waals surface area contributed by atoms with Gasteiger partial charge in [-0.2, -0.15) is 5.10 Å². The summed E-state index contributed by atoms with van der Waals surface area (Å²) in [6, 6.07) is 0. The molecule has 4 nitrogen and oxygen atoms in total. The third-order valence-corrected chi connectivity index (χ3v) is 9.34. The minimum Gasteiger partial charge on any atom is -0.393 e.